The number of morpholine rings is 1. The summed E-state index contributed by atoms with van der Waals surface area (Å²) in [6.07, 6.45) is 0.767. The second-order valence-corrected chi connectivity index (χ2v) is 6.63. The average Bonchev–Trinajstić information content (AvgIpc) is 2.92. The van der Waals surface area contributed by atoms with Crippen LogP contribution in [0.5, 0.6) is 0 Å². The van der Waals surface area contributed by atoms with E-state index in [9.17, 15) is 13.2 Å². The second kappa shape index (κ2) is 6.14. The van der Waals surface area contributed by atoms with Crippen LogP contribution in [0.3, 0.4) is 0 Å². The number of carboxylic acid groups (broad SMARTS) is 1. The third-order valence-electron chi connectivity index (χ3n) is 3.37. The number of aliphatic hydroxyl groups is 1. The summed E-state index contributed by atoms with van der Waals surface area (Å²) >= 11 is 0. The smallest absolute Gasteiger partial charge is 0.352 e. The Morgan fingerprint density at radius 3 is 2.76 bits per heavy atom. The number of aromatic nitrogens is 1. The Morgan fingerprint density at radius 2 is 2.24 bits per heavy atom. The van der Waals surface area contributed by atoms with Gasteiger partial charge in [-0.15, -0.1) is 0 Å². The molecule has 0 radical (unpaired) electrons. The summed E-state index contributed by atoms with van der Waals surface area (Å²) in [5.74, 6) is -1.17. The van der Waals surface area contributed by atoms with Gasteiger partial charge in [-0.25, -0.2) is 13.2 Å². The van der Waals surface area contributed by atoms with Gasteiger partial charge >= 0.3 is 5.97 Å². The highest BCUT2D eigenvalue weighted by molar-refractivity contribution is 7.89. The molecule has 1 aliphatic rings. The maximum Gasteiger partial charge on any atom is 0.352 e. The van der Waals surface area contributed by atoms with Crippen LogP contribution in [0.2, 0.25) is 0 Å². The lowest BCUT2D eigenvalue weighted by molar-refractivity contribution is -0.0304. The SMILES string of the molecule is CCn1cc(S(=O)(=O)N2CCOC(CO)C2)cc1C(=O)O. The van der Waals surface area contributed by atoms with E-state index in [1.165, 1.54) is 15.1 Å². The Hall–Kier alpha value is -1.42. The molecule has 1 aromatic rings. The van der Waals surface area contributed by atoms with Gasteiger partial charge in [-0.3, -0.25) is 0 Å². The lowest BCUT2D eigenvalue weighted by Crippen LogP contribution is -2.46. The Balaban J connectivity index is 2.33. The van der Waals surface area contributed by atoms with Gasteiger partial charge in [0.15, 0.2) is 0 Å². The molecule has 2 N–H and O–H groups in total. The summed E-state index contributed by atoms with van der Waals surface area (Å²) < 4.78 is 32.9. The van der Waals surface area contributed by atoms with E-state index >= 15 is 0 Å². The van der Waals surface area contributed by atoms with Crippen molar-refractivity contribution in [2.75, 3.05) is 26.3 Å². The third kappa shape index (κ3) is 3.10. The molecule has 1 atom stereocenters. The highest BCUT2D eigenvalue weighted by Crippen LogP contribution is 2.21. The normalized spacial score (nSPS) is 20.6. The largest absolute Gasteiger partial charge is 0.477 e. The highest BCUT2D eigenvalue weighted by atomic mass is 32.2. The van der Waals surface area contributed by atoms with Crippen LogP contribution >= 0.6 is 0 Å². The number of hydrogen-bond donors (Lipinski definition) is 2. The molecule has 1 unspecified atom stereocenters. The zero-order chi connectivity index (χ0) is 15.6. The van der Waals surface area contributed by atoms with Crippen molar-refractivity contribution in [1.82, 2.24) is 8.87 Å². The summed E-state index contributed by atoms with van der Waals surface area (Å²) in [6.45, 7) is 2.27. The Labute approximate surface area is 122 Å². The number of hydrogen-bond acceptors (Lipinski definition) is 5. The molecule has 9 heteroatoms. The predicted octanol–water partition coefficient (Wildman–Crippen LogP) is -0.412. The van der Waals surface area contributed by atoms with Gasteiger partial charge in [0.2, 0.25) is 10.0 Å². The van der Waals surface area contributed by atoms with Crippen LogP contribution in [-0.2, 0) is 21.3 Å². The molecule has 1 saturated heterocycles. The quantitative estimate of drug-likeness (QED) is 0.764. The van der Waals surface area contributed by atoms with Gasteiger partial charge in [0.05, 0.1) is 19.3 Å². The lowest BCUT2D eigenvalue weighted by Gasteiger charge is -2.30. The minimum absolute atomic E-state index is 0.0541. The standard InChI is InChI=1S/C12H18N2O6S/c1-2-13-7-10(5-11(13)12(16)17)21(18,19)14-3-4-20-9(6-14)8-15/h5,7,9,15H,2-4,6,8H2,1H3,(H,16,17). The number of aliphatic hydroxyl groups excluding tert-OH is 1. The lowest BCUT2D eigenvalue weighted by atomic mass is 10.3. The van der Waals surface area contributed by atoms with Crippen molar-refractivity contribution in [1.29, 1.82) is 0 Å². The van der Waals surface area contributed by atoms with E-state index in [1.807, 2.05) is 0 Å². The molecule has 0 aliphatic carbocycles. The van der Waals surface area contributed by atoms with Crippen molar-refractivity contribution < 1.29 is 28.2 Å². The molecule has 21 heavy (non-hydrogen) atoms. The Morgan fingerprint density at radius 1 is 1.52 bits per heavy atom. The van der Waals surface area contributed by atoms with Gasteiger partial charge in [-0.1, -0.05) is 0 Å². The maximum absolute atomic E-state index is 12.5. The highest BCUT2D eigenvalue weighted by Gasteiger charge is 2.32. The van der Waals surface area contributed by atoms with Gasteiger partial charge in [0.25, 0.3) is 0 Å². The summed E-state index contributed by atoms with van der Waals surface area (Å²) in [7, 11) is -3.79. The summed E-state index contributed by atoms with van der Waals surface area (Å²) in [6, 6.07) is 1.16. The molecule has 1 fully saturated rings. The molecule has 2 heterocycles. The van der Waals surface area contributed by atoms with Gasteiger partial charge < -0.3 is 19.5 Å². The number of carbonyl (C=O) groups is 1. The fourth-order valence-corrected chi connectivity index (χ4v) is 3.73. The predicted molar refractivity (Wildman–Crippen MR) is 72.6 cm³/mol. The molecule has 118 valence electrons. The summed E-state index contributed by atoms with van der Waals surface area (Å²) in [5, 5.41) is 18.2. The number of ether oxygens (including phenoxy) is 1. The number of carboxylic acids is 1. The first-order valence-electron chi connectivity index (χ1n) is 6.56. The van der Waals surface area contributed by atoms with Gasteiger partial charge in [0.1, 0.15) is 10.6 Å². The molecule has 1 aliphatic heterocycles. The van der Waals surface area contributed by atoms with Crippen molar-refractivity contribution in [2.45, 2.75) is 24.5 Å². The Kier molecular flexibility index (Phi) is 4.67. The molecule has 0 bridgehead atoms. The monoisotopic (exact) mass is 318 g/mol. The van der Waals surface area contributed by atoms with E-state index in [2.05, 4.69) is 0 Å². The van der Waals surface area contributed by atoms with Crippen LogP contribution in [0.4, 0.5) is 0 Å². The fourth-order valence-electron chi connectivity index (χ4n) is 2.24. The number of sulfonamides is 1. The van der Waals surface area contributed by atoms with E-state index in [1.54, 1.807) is 6.92 Å². The molecule has 0 amide bonds. The number of aryl methyl sites for hydroxylation is 1. The first-order valence-corrected chi connectivity index (χ1v) is 8.00. The molecule has 0 aromatic carbocycles. The van der Waals surface area contributed by atoms with E-state index in [4.69, 9.17) is 14.9 Å². The first-order chi connectivity index (χ1) is 9.90. The van der Waals surface area contributed by atoms with Crippen LogP contribution in [-0.4, -0.2) is 65.9 Å². The third-order valence-corrected chi connectivity index (χ3v) is 5.20. The second-order valence-electron chi connectivity index (χ2n) is 4.69. The molecule has 0 saturated carbocycles. The Bertz CT molecular complexity index is 624. The van der Waals surface area contributed by atoms with Gasteiger partial charge in [-0.05, 0) is 13.0 Å². The average molecular weight is 318 g/mol. The van der Waals surface area contributed by atoms with Crippen molar-refractivity contribution in [3.8, 4) is 0 Å². The summed E-state index contributed by atoms with van der Waals surface area (Å²) in [5.41, 5.74) is -0.0666. The van der Waals surface area contributed by atoms with Crippen LogP contribution in [0.15, 0.2) is 17.2 Å². The van der Waals surface area contributed by atoms with Crippen molar-refractivity contribution in [2.24, 2.45) is 0 Å². The topological polar surface area (TPSA) is 109 Å². The van der Waals surface area contributed by atoms with Crippen LogP contribution in [0.25, 0.3) is 0 Å². The number of rotatable bonds is 5. The molecule has 0 spiro atoms. The van der Waals surface area contributed by atoms with Crippen molar-refractivity contribution in [3.05, 3.63) is 18.0 Å². The van der Waals surface area contributed by atoms with E-state index < -0.39 is 22.1 Å². The van der Waals surface area contributed by atoms with Crippen LogP contribution in [0.1, 0.15) is 17.4 Å². The maximum atomic E-state index is 12.5. The van der Waals surface area contributed by atoms with Crippen molar-refractivity contribution >= 4 is 16.0 Å². The zero-order valence-electron chi connectivity index (χ0n) is 11.6. The number of aromatic carboxylic acids is 1. The van der Waals surface area contributed by atoms with E-state index in [-0.39, 0.29) is 36.9 Å². The minimum atomic E-state index is -3.79. The van der Waals surface area contributed by atoms with E-state index in [0.29, 0.717) is 6.54 Å². The van der Waals surface area contributed by atoms with Gasteiger partial charge in [0, 0.05) is 25.8 Å². The first kappa shape index (κ1) is 16.0. The van der Waals surface area contributed by atoms with Crippen LogP contribution < -0.4 is 0 Å². The molecular weight excluding hydrogens is 300 g/mol. The van der Waals surface area contributed by atoms with Crippen molar-refractivity contribution in [3.63, 3.8) is 0 Å². The van der Waals surface area contributed by atoms with E-state index in [0.717, 1.165) is 6.07 Å². The van der Waals surface area contributed by atoms with Crippen LogP contribution in [0, 0.1) is 0 Å². The summed E-state index contributed by atoms with van der Waals surface area (Å²) in [4.78, 5) is 11.1. The van der Waals surface area contributed by atoms with Gasteiger partial charge in [-0.2, -0.15) is 4.31 Å². The molecule has 2 rings (SSSR count). The molecule has 8 nitrogen and oxygen atoms in total. The molecule has 1 aromatic heterocycles. The fraction of sp³-hybridized carbons (Fsp3) is 0.583. The zero-order valence-corrected chi connectivity index (χ0v) is 12.4. The minimum Gasteiger partial charge on any atom is -0.477 e. The molecular formula is C12H18N2O6S. The number of nitrogens with zero attached hydrogens (tertiary/aromatic N) is 2.